The number of esters is 1. The van der Waals surface area contributed by atoms with Crippen molar-refractivity contribution in [1.29, 1.82) is 0 Å². The van der Waals surface area contributed by atoms with Gasteiger partial charge in [0.05, 0.1) is 7.11 Å². The third kappa shape index (κ3) is 2.29. The van der Waals surface area contributed by atoms with E-state index in [9.17, 15) is 4.79 Å². The second-order valence-electron chi connectivity index (χ2n) is 2.66. The Labute approximate surface area is 77.7 Å². The summed E-state index contributed by atoms with van der Waals surface area (Å²) in [5.41, 5.74) is 0.914. The summed E-state index contributed by atoms with van der Waals surface area (Å²) < 4.78 is 4.66. The Kier molecular flexibility index (Phi) is 3.46. The van der Waals surface area contributed by atoms with Crippen LogP contribution in [0, 0.1) is 0 Å². The molecule has 1 N–H and O–H groups in total. The number of carbonyl (C=O) groups excluding carboxylic acids is 1. The molecular formula is C10H13NO2. The quantitative estimate of drug-likeness (QED) is 0.707. The van der Waals surface area contributed by atoms with Crippen molar-refractivity contribution in [3.63, 3.8) is 0 Å². The molecule has 0 fully saturated rings. The second kappa shape index (κ2) is 4.62. The fraction of sp³-hybridized carbons (Fsp3) is 0.300. The maximum absolute atomic E-state index is 11.3. The first-order valence-corrected chi connectivity index (χ1v) is 4.09. The zero-order valence-electron chi connectivity index (χ0n) is 7.78. The largest absolute Gasteiger partial charge is 0.468 e. The Morgan fingerprint density at radius 2 is 2.00 bits per heavy atom. The summed E-state index contributed by atoms with van der Waals surface area (Å²) in [4.78, 5) is 11.3. The predicted octanol–water partition coefficient (Wildman–Crippen LogP) is 1.12. The van der Waals surface area contributed by atoms with Gasteiger partial charge in [0.2, 0.25) is 0 Å². The molecule has 1 rings (SSSR count). The fourth-order valence-electron chi connectivity index (χ4n) is 1.18. The molecule has 0 heterocycles. The van der Waals surface area contributed by atoms with Gasteiger partial charge in [-0.15, -0.1) is 0 Å². The lowest BCUT2D eigenvalue weighted by Crippen LogP contribution is -2.26. The molecule has 0 saturated heterocycles. The first-order valence-electron chi connectivity index (χ1n) is 4.09. The highest BCUT2D eigenvalue weighted by atomic mass is 16.5. The Morgan fingerprint density at radius 3 is 2.46 bits per heavy atom. The van der Waals surface area contributed by atoms with Gasteiger partial charge >= 0.3 is 5.97 Å². The van der Waals surface area contributed by atoms with Crippen LogP contribution < -0.4 is 5.32 Å². The van der Waals surface area contributed by atoms with Crippen LogP contribution in [0.15, 0.2) is 30.3 Å². The maximum Gasteiger partial charge on any atom is 0.327 e. The average Bonchev–Trinajstić information content (AvgIpc) is 2.20. The molecule has 1 aromatic rings. The number of methoxy groups -OCH3 is 1. The molecule has 3 heteroatoms. The molecule has 1 aromatic carbocycles. The first-order chi connectivity index (χ1) is 6.29. The fourth-order valence-corrected chi connectivity index (χ4v) is 1.18. The molecule has 0 radical (unpaired) electrons. The number of ether oxygens (including phenoxy) is 1. The van der Waals surface area contributed by atoms with Gasteiger partial charge in [-0.3, -0.25) is 0 Å². The van der Waals surface area contributed by atoms with Crippen LogP contribution >= 0.6 is 0 Å². The van der Waals surface area contributed by atoms with E-state index in [4.69, 9.17) is 0 Å². The lowest BCUT2D eigenvalue weighted by Gasteiger charge is -2.13. The van der Waals surface area contributed by atoms with E-state index in [-0.39, 0.29) is 12.0 Å². The molecule has 1 atom stereocenters. The topological polar surface area (TPSA) is 38.3 Å². The highest BCUT2D eigenvalue weighted by molar-refractivity contribution is 5.77. The zero-order valence-corrected chi connectivity index (χ0v) is 7.78. The van der Waals surface area contributed by atoms with Crippen molar-refractivity contribution < 1.29 is 9.53 Å². The predicted molar refractivity (Wildman–Crippen MR) is 50.3 cm³/mol. The lowest BCUT2D eigenvalue weighted by molar-refractivity contribution is -0.143. The van der Waals surface area contributed by atoms with Crippen LogP contribution in [0.5, 0.6) is 0 Å². The second-order valence-corrected chi connectivity index (χ2v) is 2.66. The molecule has 0 aliphatic rings. The number of nitrogens with one attached hydrogen (secondary N) is 1. The van der Waals surface area contributed by atoms with Crippen LogP contribution in [0.25, 0.3) is 0 Å². The van der Waals surface area contributed by atoms with Crippen LogP contribution in [0.4, 0.5) is 0 Å². The molecule has 1 unspecified atom stereocenters. The Balaban J connectivity index is 2.85. The minimum absolute atomic E-state index is 0.270. The summed E-state index contributed by atoms with van der Waals surface area (Å²) in [7, 11) is 3.12. The zero-order chi connectivity index (χ0) is 9.68. The molecule has 13 heavy (non-hydrogen) atoms. The van der Waals surface area contributed by atoms with E-state index in [0.29, 0.717) is 0 Å². The van der Waals surface area contributed by atoms with E-state index in [1.165, 1.54) is 7.11 Å². The molecule has 0 aliphatic carbocycles. The van der Waals surface area contributed by atoms with Gasteiger partial charge in [-0.1, -0.05) is 30.3 Å². The van der Waals surface area contributed by atoms with E-state index in [1.807, 2.05) is 30.3 Å². The van der Waals surface area contributed by atoms with Crippen LogP contribution in [0.1, 0.15) is 11.6 Å². The van der Waals surface area contributed by atoms with Crippen LogP contribution in [0.2, 0.25) is 0 Å². The van der Waals surface area contributed by atoms with Gasteiger partial charge in [0.1, 0.15) is 6.04 Å². The molecule has 0 bridgehead atoms. The van der Waals surface area contributed by atoms with E-state index >= 15 is 0 Å². The number of rotatable bonds is 3. The highest BCUT2D eigenvalue weighted by Crippen LogP contribution is 2.12. The summed E-state index contributed by atoms with van der Waals surface area (Å²) in [5, 5.41) is 2.89. The van der Waals surface area contributed by atoms with E-state index in [2.05, 4.69) is 10.1 Å². The Morgan fingerprint density at radius 1 is 1.38 bits per heavy atom. The minimum atomic E-state index is -0.369. The van der Waals surface area contributed by atoms with Gasteiger partial charge in [0.25, 0.3) is 0 Å². The molecule has 0 amide bonds. The van der Waals surface area contributed by atoms with E-state index < -0.39 is 0 Å². The third-order valence-electron chi connectivity index (χ3n) is 1.86. The molecule has 70 valence electrons. The molecule has 3 nitrogen and oxygen atoms in total. The average molecular weight is 179 g/mol. The van der Waals surface area contributed by atoms with Crippen molar-refractivity contribution in [1.82, 2.24) is 5.32 Å². The van der Waals surface area contributed by atoms with Crippen molar-refractivity contribution in [3.8, 4) is 0 Å². The van der Waals surface area contributed by atoms with Crippen molar-refractivity contribution in [3.05, 3.63) is 35.9 Å². The molecule has 0 aromatic heterocycles. The van der Waals surface area contributed by atoms with Crippen molar-refractivity contribution in [2.75, 3.05) is 14.2 Å². The lowest BCUT2D eigenvalue weighted by atomic mass is 10.1. The van der Waals surface area contributed by atoms with Crippen LogP contribution in [-0.2, 0) is 9.53 Å². The summed E-state index contributed by atoms with van der Waals surface area (Å²) in [6.45, 7) is 0. The van der Waals surface area contributed by atoms with Gasteiger partial charge in [0.15, 0.2) is 0 Å². The van der Waals surface area contributed by atoms with Crippen molar-refractivity contribution >= 4 is 5.97 Å². The molecule has 0 aliphatic heterocycles. The summed E-state index contributed by atoms with van der Waals surface area (Å²) in [5.74, 6) is -0.270. The van der Waals surface area contributed by atoms with Crippen molar-refractivity contribution in [2.45, 2.75) is 6.04 Å². The Bertz CT molecular complexity index is 272. The Hall–Kier alpha value is -1.35. The summed E-state index contributed by atoms with van der Waals surface area (Å²) in [6.07, 6.45) is 0. The van der Waals surface area contributed by atoms with Gasteiger partial charge in [-0.05, 0) is 12.6 Å². The normalized spacial score (nSPS) is 12.2. The van der Waals surface area contributed by atoms with Gasteiger partial charge in [0, 0.05) is 0 Å². The standard InChI is InChI=1S/C10H13NO2/c1-11-9(10(12)13-2)8-6-4-3-5-7-8/h3-7,9,11H,1-2H3. The van der Waals surface area contributed by atoms with Gasteiger partial charge in [-0.25, -0.2) is 4.79 Å². The third-order valence-corrected chi connectivity index (χ3v) is 1.86. The van der Waals surface area contributed by atoms with E-state index in [0.717, 1.165) is 5.56 Å². The van der Waals surface area contributed by atoms with Gasteiger partial charge in [-0.2, -0.15) is 0 Å². The summed E-state index contributed by atoms with van der Waals surface area (Å²) in [6, 6.07) is 9.10. The first kappa shape index (κ1) is 9.74. The van der Waals surface area contributed by atoms with Crippen LogP contribution in [0.3, 0.4) is 0 Å². The minimum Gasteiger partial charge on any atom is -0.468 e. The summed E-state index contributed by atoms with van der Waals surface area (Å²) >= 11 is 0. The van der Waals surface area contributed by atoms with Crippen LogP contribution in [-0.4, -0.2) is 20.1 Å². The smallest absolute Gasteiger partial charge is 0.327 e. The number of benzene rings is 1. The number of hydrogen-bond donors (Lipinski definition) is 1. The van der Waals surface area contributed by atoms with Crippen molar-refractivity contribution in [2.24, 2.45) is 0 Å². The number of likely N-dealkylation sites (N-methyl/N-ethyl adjacent to an activating group) is 1. The number of hydrogen-bond acceptors (Lipinski definition) is 3. The SMILES string of the molecule is CNC(C(=O)OC)c1ccccc1. The molecular weight excluding hydrogens is 166 g/mol. The van der Waals surface area contributed by atoms with Gasteiger partial charge < -0.3 is 10.1 Å². The van der Waals surface area contributed by atoms with E-state index in [1.54, 1.807) is 7.05 Å². The number of carbonyl (C=O) groups is 1. The molecule has 0 spiro atoms. The maximum atomic E-state index is 11.3. The monoisotopic (exact) mass is 179 g/mol. The highest BCUT2D eigenvalue weighted by Gasteiger charge is 2.17. The molecule has 0 saturated carbocycles.